The Hall–Kier alpha value is -0.730. The number of nitrogens with two attached hydrogens (primary N) is 1. The van der Waals surface area contributed by atoms with Crippen LogP contribution in [0.5, 0.6) is 0 Å². The zero-order chi connectivity index (χ0) is 11.6. The maximum atomic E-state index is 5.95. The second kappa shape index (κ2) is 4.64. The van der Waals surface area contributed by atoms with Crippen LogP contribution in [0, 0.1) is 5.92 Å². The molecule has 1 fully saturated rings. The van der Waals surface area contributed by atoms with E-state index >= 15 is 0 Å². The van der Waals surface area contributed by atoms with Crippen molar-refractivity contribution >= 4 is 17.3 Å². The van der Waals surface area contributed by atoms with E-state index in [1.54, 1.807) is 0 Å². The highest BCUT2D eigenvalue weighted by atomic mass is 35.5. The molecular formula is C13H19ClN2. The summed E-state index contributed by atoms with van der Waals surface area (Å²) >= 11 is 5.87. The predicted octanol–water partition coefficient (Wildman–Crippen LogP) is 3.27. The highest BCUT2D eigenvalue weighted by Crippen LogP contribution is 2.37. The standard InChI is InChI=1S/C13H19ClN2/c1-10-3-2-8-13(10,9-15)16-12-6-4-11(14)5-7-12/h4-7,10,16H,2-3,8-9,15H2,1H3. The molecule has 0 spiro atoms. The second-order valence-corrected chi connectivity index (χ2v) is 5.22. The van der Waals surface area contributed by atoms with Crippen LogP contribution in [0.4, 0.5) is 5.69 Å². The minimum atomic E-state index is 0.0772. The molecular weight excluding hydrogens is 220 g/mol. The van der Waals surface area contributed by atoms with Gasteiger partial charge in [0.05, 0.1) is 5.54 Å². The van der Waals surface area contributed by atoms with Crippen molar-refractivity contribution in [3.8, 4) is 0 Å². The maximum absolute atomic E-state index is 5.95. The van der Waals surface area contributed by atoms with Crippen molar-refractivity contribution in [1.82, 2.24) is 0 Å². The molecule has 0 radical (unpaired) electrons. The lowest BCUT2D eigenvalue weighted by Gasteiger charge is -2.34. The maximum Gasteiger partial charge on any atom is 0.0521 e. The van der Waals surface area contributed by atoms with Gasteiger partial charge in [0, 0.05) is 17.3 Å². The Labute approximate surface area is 102 Å². The molecule has 0 aliphatic heterocycles. The van der Waals surface area contributed by atoms with Gasteiger partial charge in [0.2, 0.25) is 0 Å². The molecule has 3 heteroatoms. The Morgan fingerprint density at radius 2 is 2.12 bits per heavy atom. The lowest BCUT2D eigenvalue weighted by Crippen LogP contribution is -2.47. The van der Waals surface area contributed by atoms with E-state index in [1.165, 1.54) is 12.8 Å². The number of anilines is 1. The fraction of sp³-hybridized carbons (Fsp3) is 0.538. The normalized spacial score (nSPS) is 29.3. The molecule has 1 saturated carbocycles. The average molecular weight is 239 g/mol. The molecule has 2 nitrogen and oxygen atoms in total. The lowest BCUT2D eigenvalue weighted by atomic mass is 9.88. The number of halogens is 1. The molecule has 2 atom stereocenters. The number of benzene rings is 1. The Bertz CT molecular complexity index is 349. The van der Waals surface area contributed by atoms with Gasteiger partial charge < -0.3 is 11.1 Å². The first-order chi connectivity index (χ1) is 7.66. The van der Waals surface area contributed by atoms with Gasteiger partial charge in [0.25, 0.3) is 0 Å². The summed E-state index contributed by atoms with van der Waals surface area (Å²) < 4.78 is 0. The molecule has 0 aromatic heterocycles. The topological polar surface area (TPSA) is 38.0 Å². The SMILES string of the molecule is CC1CCCC1(CN)Nc1ccc(Cl)cc1. The van der Waals surface area contributed by atoms with Crippen LogP contribution in [0.2, 0.25) is 5.02 Å². The van der Waals surface area contributed by atoms with Gasteiger partial charge in [-0.25, -0.2) is 0 Å². The van der Waals surface area contributed by atoms with Crippen LogP contribution in [0.3, 0.4) is 0 Å². The quantitative estimate of drug-likeness (QED) is 0.848. The average Bonchev–Trinajstić information content (AvgIpc) is 2.64. The van der Waals surface area contributed by atoms with E-state index in [1.807, 2.05) is 24.3 Å². The number of rotatable bonds is 3. The number of nitrogens with one attached hydrogen (secondary N) is 1. The Kier molecular flexibility index (Phi) is 3.41. The summed E-state index contributed by atoms with van der Waals surface area (Å²) in [7, 11) is 0. The summed E-state index contributed by atoms with van der Waals surface area (Å²) in [6.07, 6.45) is 3.68. The molecule has 1 aliphatic carbocycles. The molecule has 0 saturated heterocycles. The van der Waals surface area contributed by atoms with Crippen molar-refractivity contribution in [2.75, 3.05) is 11.9 Å². The molecule has 3 N–H and O–H groups in total. The fourth-order valence-electron chi connectivity index (χ4n) is 2.61. The molecule has 0 heterocycles. The van der Waals surface area contributed by atoms with Gasteiger partial charge in [-0.05, 0) is 43.0 Å². The minimum absolute atomic E-state index is 0.0772. The Balaban J connectivity index is 2.15. The van der Waals surface area contributed by atoms with Gasteiger partial charge in [-0.1, -0.05) is 24.9 Å². The molecule has 2 rings (SSSR count). The summed E-state index contributed by atoms with van der Waals surface area (Å²) in [6, 6.07) is 7.86. The zero-order valence-corrected chi connectivity index (χ0v) is 10.4. The molecule has 1 aliphatic rings. The van der Waals surface area contributed by atoms with Crippen LogP contribution < -0.4 is 11.1 Å². The first-order valence-corrected chi connectivity index (χ1v) is 6.28. The molecule has 88 valence electrons. The lowest BCUT2D eigenvalue weighted by molar-refractivity contribution is 0.382. The first kappa shape index (κ1) is 11.7. The summed E-state index contributed by atoms with van der Waals surface area (Å²) in [5.74, 6) is 0.633. The summed E-state index contributed by atoms with van der Waals surface area (Å²) in [5.41, 5.74) is 7.14. The summed E-state index contributed by atoms with van der Waals surface area (Å²) in [4.78, 5) is 0. The number of hydrogen-bond donors (Lipinski definition) is 2. The van der Waals surface area contributed by atoms with Crippen LogP contribution >= 0.6 is 11.6 Å². The molecule has 16 heavy (non-hydrogen) atoms. The van der Waals surface area contributed by atoms with Gasteiger partial charge in [0.1, 0.15) is 0 Å². The summed E-state index contributed by atoms with van der Waals surface area (Å²) in [5, 5.41) is 4.37. The molecule has 0 bridgehead atoms. The highest BCUT2D eigenvalue weighted by molar-refractivity contribution is 6.30. The van der Waals surface area contributed by atoms with E-state index in [0.29, 0.717) is 12.5 Å². The monoisotopic (exact) mass is 238 g/mol. The first-order valence-electron chi connectivity index (χ1n) is 5.90. The third kappa shape index (κ3) is 2.18. The van der Waals surface area contributed by atoms with E-state index in [-0.39, 0.29) is 5.54 Å². The number of hydrogen-bond acceptors (Lipinski definition) is 2. The van der Waals surface area contributed by atoms with Gasteiger partial charge in [-0.3, -0.25) is 0 Å². The summed E-state index contributed by atoms with van der Waals surface area (Å²) in [6.45, 7) is 2.97. The Morgan fingerprint density at radius 3 is 2.62 bits per heavy atom. The fourth-order valence-corrected chi connectivity index (χ4v) is 2.73. The minimum Gasteiger partial charge on any atom is -0.378 e. The highest BCUT2D eigenvalue weighted by Gasteiger charge is 2.38. The van der Waals surface area contributed by atoms with E-state index in [0.717, 1.165) is 17.1 Å². The van der Waals surface area contributed by atoms with Crippen LogP contribution in [0.25, 0.3) is 0 Å². The van der Waals surface area contributed by atoms with Crippen molar-refractivity contribution in [2.45, 2.75) is 31.7 Å². The van der Waals surface area contributed by atoms with Crippen molar-refractivity contribution in [1.29, 1.82) is 0 Å². The molecule has 0 amide bonds. The molecule has 1 aromatic rings. The van der Waals surface area contributed by atoms with Crippen LogP contribution in [0.1, 0.15) is 26.2 Å². The van der Waals surface area contributed by atoms with Crippen molar-refractivity contribution in [2.24, 2.45) is 11.7 Å². The predicted molar refractivity (Wildman–Crippen MR) is 69.9 cm³/mol. The molecule has 2 unspecified atom stereocenters. The third-order valence-corrected chi connectivity index (χ3v) is 4.06. The van der Waals surface area contributed by atoms with Gasteiger partial charge in [-0.2, -0.15) is 0 Å². The second-order valence-electron chi connectivity index (χ2n) is 4.79. The van der Waals surface area contributed by atoms with E-state index in [2.05, 4.69) is 12.2 Å². The van der Waals surface area contributed by atoms with E-state index in [9.17, 15) is 0 Å². The van der Waals surface area contributed by atoms with Crippen LogP contribution in [-0.4, -0.2) is 12.1 Å². The van der Waals surface area contributed by atoms with Crippen LogP contribution in [0.15, 0.2) is 24.3 Å². The smallest absolute Gasteiger partial charge is 0.0521 e. The van der Waals surface area contributed by atoms with Gasteiger partial charge >= 0.3 is 0 Å². The van der Waals surface area contributed by atoms with E-state index in [4.69, 9.17) is 17.3 Å². The largest absolute Gasteiger partial charge is 0.378 e. The van der Waals surface area contributed by atoms with Gasteiger partial charge in [-0.15, -0.1) is 0 Å². The Morgan fingerprint density at radius 1 is 1.44 bits per heavy atom. The van der Waals surface area contributed by atoms with Crippen LogP contribution in [-0.2, 0) is 0 Å². The third-order valence-electron chi connectivity index (χ3n) is 3.81. The van der Waals surface area contributed by atoms with Gasteiger partial charge in [0.15, 0.2) is 0 Å². The van der Waals surface area contributed by atoms with E-state index < -0.39 is 0 Å². The van der Waals surface area contributed by atoms with Crippen molar-refractivity contribution in [3.05, 3.63) is 29.3 Å². The zero-order valence-electron chi connectivity index (χ0n) is 9.67. The molecule has 1 aromatic carbocycles. The van der Waals surface area contributed by atoms with Crippen molar-refractivity contribution in [3.63, 3.8) is 0 Å². The van der Waals surface area contributed by atoms with Crippen molar-refractivity contribution < 1.29 is 0 Å².